The maximum atomic E-state index is 12.4. The quantitative estimate of drug-likeness (QED) is 0.859. The zero-order valence-corrected chi connectivity index (χ0v) is 11.2. The Kier molecular flexibility index (Phi) is 4.02. The van der Waals surface area contributed by atoms with Crippen molar-refractivity contribution in [1.82, 2.24) is 10.6 Å². The van der Waals surface area contributed by atoms with E-state index in [1.54, 1.807) is 0 Å². The molecule has 1 atom stereocenters. The van der Waals surface area contributed by atoms with Crippen molar-refractivity contribution in [3.8, 4) is 0 Å². The number of piperidine rings is 1. The van der Waals surface area contributed by atoms with E-state index in [0.717, 1.165) is 31.5 Å². The molecule has 1 aromatic carbocycles. The molecule has 0 unspecified atom stereocenters. The number of hydrogen-bond donors (Lipinski definition) is 2. The van der Waals surface area contributed by atoms with Crippen LogP contribution in [0.4, 0.5) is 0 Å². The van der Waals surface area contributed by atoms with Gasteiger partial charge < -0.3 is 10.6 Å². The molecule has 1 saturated heterocycles. The topological polar surface area (TPSA) is 41.1 Å². The van der Waals surface area contributed by atoms with Crippen LogP contribution in [-0.2, 0) is 4.79 Å². The van der Waals surface area contributed by atoms with E-state index in [0.29, 0.717) is 0 Å². The summed E-state index contributed by atoms with van der Waals surface area (Å²) in [6.07, 6.45) is 1.83. The number of hydrogen-bond acceptors (Lipinski definition) is 2. The molecule has 1 heterocycles. The fourth-order valence-corrected chi connectivity index (χ4v) is 2.40. The van der Waals surface area contributed by atoms with E-state index in [-0.39, 0.29) is 17.4 Å². The number of carbonyl (C=O) groups excluding carboxylic acids is 1. The molecule has 1 aliphatic heterocycles. The lowest BCUT2D eigenvalue weighted by atomic mass is 9.80. The molecule has 0 aromatic heterocycles. The molecule has 0 aliphatic carbocycles. The summed E-state index contributed by atoms with van der Waals surface area (Å²) >= 11 is 0. The van der Waals surface area contributed by atoms with Gasteiger partial charge in [0.05, 0.1) is 6.04 Å². The van der Waals surface area contributed by atoms with Gasteiger partial charge in [0, 0.05) is 5.41 Å². The van der Waals surface area contributed by atoms with Gasteiger partial charge in [-0.2, -0.15) is 0 Å². The molecule has 3 nitrogen and oxygen atoms in total. The predicted molar refractivity (Wildman–Crippen MR) is 73.2 cm³/mol. The Morgan fingerprint density at radius 2 is 1.89 bits per heavy atom. The fourth-order valence-electron chi connectivity index (χ4n) is 2.40. The normalized spacial score (nSPS) is 20.1. The molecular formula is C15H22N2O. The second kappa shape index (κ2) is 5.53. The number of benzene rings is 1. The van der Waals surface area contributed by atoms with Crippen molar-refractivity contribution in [2.24, 2.45) is 5.41 Å². The number of rotatable bonds is 3. The molecule has 1 aliphatic rings. The van der Waals surface area contributed by atoms with Crippen molar-refractivity contribution < 1.29 is 4.79 Å². The molecule has 2 N–H and O–H groups in total. The highest BCUT2D eigenvalue weighted by Gasteiger charge is 2.34. The first kappa shape index (κ1) is 13.1. The predicted octanol–water partition coefficient (Wildman–Crippen LogP) is 2.25. The molecule has 1 fully saturated rings. The maximum Gasteiger partial charge on any atom is 0.226 e. The Morgan fingerprint density at radius 3 is 2.50 bits per heavy atom. The van der Waals surface area contributed by atoms with Crippen LogP contribution in [0.5, 0.6) is 0 Å². The summed E-state index contributed by atoms with van der Waals surface area (Å²) in [5.74, 6) is 0.181. The van der Waals surface area contributed by atoms with E-state index >= 15 is 0 Å². The van der Waals surface area contributed by atoms with Crippen LogP contribution in [0.15, 0.2) is 30.3 Å². The Bertz CT molecular complexity index is 396. The second-order valence-corrected chi connectivity index (χ2v) is 5.42. The smallest absolute Gasteiger partial charge is 0.226 e. The number of carbonyl (C=O) groups is 1. The summed E-state index contributed by atoms with van der Waals surface area (Å²) in [5, 5.41) is 6.44. The minimum atomic E-state index is -0.214. The van der Waals surface area contributed by atoms with Crippen LogP contribution in [0.1, 0.15) is 38.3 Å². The molecule has 3 heteroatoms. The third-order valence-corrected chi connectivity index (χ3v) is 3.90. The van der Waals surface area contributed by atoms with Crippen LogP contribution < -0.4 is 10.6 Å². The third-order valence-electron chi connectivity index (χ3n) is 3.90. The van der Waals surface area contributed by atoms with Crippen molar-refractivity contribution in [1.29, 1.82) is 0 Å². The van der Waals surface area contributed by atoms with E-state index in [1.165, 1.54) is 0 Å². The van der Waals surface area contributed by atoms with E-state index in [2.05, 4.69) is 29.7 Å². The van der Waals surface area contributed by atoms with Crippen LogP contribution >= 0.6 is 0 Å². The molecular weight excluding hydrogens is 224 g/mol. The van der Waals surface area contributed by atoms with E-state index < -0.39 is 0 Å². The van der Waals surface area contributed by atoms with Crippen LogP contribution in [0.3, 0.4) is 0 Å². The maximum absolute atomic E-state index is 12.4. The third kappa shape index (κ3) is 2.91. The standard InChI is InChI=1S/C15H22N2O/c1-12(13-6-4-3-5-7-13)17-14(18)15(2)8-10-16-11-9-15/h3-7,12,16H,8-11H2,1-2H3,(H,17,18)/t12-/m1/s1. The van der Waals surface area contributed by atoms with E-state index in [4.69, 9.17) is 0 Å². The first-order valence-electron chi connectivity index (χ1n) is 6.68. The molecule has 0 saturated carbocycles. The van der Waals surface area contributed by atoms with E-state index in [9.17, 15) is 4.79 Å². The fraction of sp³-hybridized carbons (Fsp3) is 0.533. The van der Waals surface area contributed by atoms with Gasteiger partial charge in [0.15, 0.2) is 0 Å². The van der Waals surface area contributed by atoms with Crippen molar-refractivity contribution in [2.45, 2.75) is 32.7 Å². The van der Waals surface area contributed by atoms with Crippen LogP contribution in [-0.4, -0.2) is 19.0 Å². The van der Waals surface area contributed by atoms with Gasteiger partial charge in [-0.25, -0.2) is 0 Å². The molecule has 2 rings (SSSR count). The lowest BCUT2D eigenvalue weighted by molar-refractivity contribution is -0.132. The molecule has 0 radical (unpaired) electrons. The average molecular weight is 246 g/mol. The molecule has 0 spiro atoms. The van der Waals surface area contributed by atoms with Crippen molar-refractivity contribution in [3.63, 3.8) is 0 Å². The van der Waals surface area contributed by atoms with Gasteiger partial charge in [-0.1, -0.05) is 37.3 Å². The van der Waals surface area contributed by atoms with Crippen molar-refractivity contribution in [2.75, 3.05) is 13.1 Å². The minimum Gasteiger partial charge on any atom is -0.349 e. The lowest BCUT2D eigenvalue weighted by Gasteiger charge is -2.33. The highest BCUT2D eigenvalue weighted by molar-refractivity contribution is 5.82. The van der Waals surface area contributed by atoms with Gasteiger partial charge in [0.2, 0.25) is 5.91 Å². The Hall–Kier alpha value is -1.35. The summed E-state index contributed by atoms with van der Waals surface area (Å²) in [7, 11) is 0. The average Bonchev–Trinajstić information content (AvgIpc) is 2.40. The zero-order valence-electron chi connectivity index (χ0n) is 11.2. The van der Waals surface area contributed by atoms with Crippen LogP contribution in [0, 0.1) is 5.41 Å². The van der Waals surface area contributed by atoms with E-state index in [1.807, 2.05) is 25.1 Å². The van der Waals surface area contributed by atoms with Crippen molar-refractivity contribution in [3.05, 3.63) is 35.9 Å². The van der Waals surface area contributed by atoms with Gasteiger partial charge in [0.25, 0.3) is 0 Å². The SMILES string of the molecule is C[C@@H](NC(=O)C1(C)CCNCC1)c1ccccc1. The van der Waals surface area contributed by atoms with Crippen LogP contribution in [0.25, 0.3) is 0 Å². The molecule has 1 aromatic rings. The molecule has 98 valence electrons. The summed E-state index contributed by atoms with van der Waals surface area (Å²) in [6, 6.07) is 10.2. The summed E-state index contributed by atoms with van der Waals surface area (Å²) in [6.45, 7) is 5.98. The first-order valence-corrected chi connectivity index (χ1v) is 6.68. The number of nitrogens with one attached hydrogen (secondary N) is 2. The lowest BCUT2D eigenvalue weighted by Crippen LogP contribution is -2.46. The first-order chi connectivity index (χ1) is 8.62. The Labute approximate surface area is 109 Å². The Morgan fingerprint density at radius 1 is 1.28 bits per heavy atom. The molecule has 1 amide bonds. The second-order valence-electron chi connectivity index (χ2n) is 5.42. The monoisotopic (exact) mass is 246 g/mol. The summed E-state index contributed by atoms with van der Waals surface area (Å²) in [5.41, 5.74) is 0.942. The minimum absolute atomic E-state index is 0.0745. The highest BCUT2D eigenvalue weighted by atomic mass is 16.2. The van der Waals surface area contributed by atoms with Gasteiger partial charge in [0.1, 0.15) is 0 Å². The number of amides is 1. The van der Waals surface area contributed by atoms with Gasteiger partial charge in [-0.15, -0.1) is 0 Å². The molecule has 18 heavy (non-hydrogen) atoms. The van der Waals surface area contributed by atoms with Gasteiger partial charge in [-0.05, 0) is 38.4 Å². The Balaban J connectivity index is 1.98. The van der Waals surface area contributed by atoms with Gasteiger partial charge in [-0.3, -0.25) is 4.79 Å². The highest BCUT2D eigenvalue weighted by Crippen LogP contribution is 2.29. The van der Waals surface area contributed by atoms with Gasteiger partial charge >= 0.3 is 0 Å². The molecule has 0 bridgehead atoms. The largest absolute Gasteiger partial charge is 0.349 e. The van der Waals surface area contributed by atoms with Crippen LogP contribution in [0.2, 0.25) is 0 Å². The summed E-state index contributed by atoms with van der Waals surface area (Å²) < 4.78 is 0. The van der Waals surface area contributed by atoms with Crippen molar-refractivity contribution >= 4 is 5.91 Å². The zero-order chi connectivity index (χ0) is 13.0. The summed E-state index contributed by atoms with van der Waals surface area (Å²) in [4.78, 5) is 12.4.